The molecule has 1 rings (SSSR count). The van der Waals surface area contributed by atoms with E-state index in [1.807, 2.05) is 13.0 Å². The van der Waals surface area contributed by atoms with Gasteiger partial charge >= 0.3 is 5.97 Å². The van der Waals surface area contributed by atoms with Gasteiger partial charge in [0.15, 0.2) is 0 Å². The van der Waals surface area contributed by atoms with Crippen LogP contribution in [0.25, 0.3) is 0 Å². The Morgan fingerprint density at radius 1 is 0.895 bits per heavy atom. The van der Waals surface area contributed by atoms with Crippen LogP contribution in [0.3, 0.4) is 0 Å². The van der Waals surface area contributed by atoms with Gasteiger partial charge in [0, 0.05) is 0 Å². The predicted molar refractivity (Wildman–Crippen MR) is 80.0 cm³/mol. The molecule has 1 aliphatic rings. The SMILES string of the molecule is CC1/C=C\CCCCC/C=C\CCCCCOC1=O. The number of ether oxygens (including phenoxy) is 1. The van der Waals surface area contributed by atoms with Crippen molar-refractivity contribution >= 4 is 5.97 Å². The van der Waals surface area contributed by atoms with Crippen molar-refractivity contribution in [1.82, 2.24) is 0 Å². The van der Waals surface area contributed by atoms with Crippen molar-refractivity contribution in [1.29, 1.82) is 0 Å². The molecule has 1 heterocycles. The Morgan fingerprint density at radius 2 is 1.47 bits per heavy atom. The van der Waals surface area contributed by atoms with Crippen LogP contribution in [0.5, 0.6) is 0 Å². The van der Waals surface area contributed by atoms with Crippen molar-refractivity contribution in [3.8, 4) is 0 Å². The largest absolute Gasteiger partial charge is 0.465 e. The van der Waals surface area contributed by atoms with Gasteiger partial charge in [-0.3, -0.25) is 4.79 Å². The van der Waals surface area contributed by atoms with E-state index in [-0.39, 0.29) is 11.9 Å². The van der Waals surface area contributed by atoms with E-state index >= 15 is 0 Å². The van der Waals surface area contributed by atoms with Crippen molar-refractivity contribution in [2.45, 2.75) is 64.7 Å². The first-order valence-corrected chi connectivity index (χ1v) is 7.79. The van der Waals surface area contributed by atoms with Crippen LogP contribution in [0.2, 0.25) is 0 Å². The molecule has 1 aliphatic heterocycles. The van der Waals surface area contributed by atoms with E-state index in [0.29, 0.717) is 6.61 Å². The summed E-state index contributed by atoms with van der Waals surface area (Å²) in [5.41, 5.74) is 0. The van der Waals surface area contributed by atoms with Crippen molar-refractivity contribution in [2.75, 3.05) is 6.61 Å². The molecular weight excluding hydrogens is 236 g/mol. The number of allylic oxidation sites excluding steroid dienone is 3. The van der Waals surface area contributed by atoms with Gasteiger partial charge < -0.3 is 4.74 Å². The van der Waals surface area contributed by atoms with E-state index in [4.69, 9.17) is 4.74 Å². The van der Waals surface area contributed by atoms with Gasteiger partial charge in [0.2, 0.25) is 0 Å². The highest BCUT2D eigenvalue weighted by Crippen LogP contribution is 2.09. The summed E-state index contributed by atoms with van der Waals surface area (Å²) < 4.78 is 5.27. The molecule has 108 valence electrons. The first kappa shape index (κ1) is 16.0. The van der Waals surface area contributed by atoms with Crippen molar-refractivity contribution in [2.24, 2.45) is 5.92 Å². The third kappa shape index (κ3) is 8.63. The maximum absolute atomic E-state index is 11.7. The van der Waals surface area contributed by atoms with Crippen LogP contribution in [-0.4, -0.2) is 12.6 Å². The quantitative estimate of drug-likeness (QED) is 0.464. The molecule has 0 aromatic carbocycles. The fourth-order valence-electron chi connectivity index (χ4n) is 2.16. The first-order valence-electron chi connectivity index (χ1n) is 7.79. The Hall–Kier alpha value is -1.05. The first-order chi connectivity index (χ1) is 9.30. The molecule has 1 atom stereocenters. The highest BCUT2D eigenvalue weighted by atomic mass is 16.5. The zero-order valence-corrected chi connectivity index (χ0v) is 12.3. The van der Waals surface area contributed by atoms with Crippen LogP contribution in [0.4, 0.5) is 0 Å². The Bertz CT molecular complexity index is 292. The molecule has 0 spiro atoms. The second kappa shape index (κ2) is 10.8. The molecule has 0 fully saturated rings. The van der Waals surface area contributed by atoms with Gasteiger partial charge in [0.25, 0.3) is 0 Å². The zero-order valence-electron chi connectivity index (χ0n) is 12.3. The van der Waals surface area contributed by atoms with Gasteiger partial charge in [-0.2, -0.15) is 0 Å². The normalized spacial score (nSPS) is 28.1. The highest BCUT2D eigenvalue weighted by molar-refractivity contribution is 5.73. The minimum atomic E-state index is -0.0997. The molecule has 0 N–H and O–H groups in total. The molecule has 2 nitrogen and oxygen atoms in total. The number of carbonyl (C=O) groups excluding carboxylic acids is 1. The molecular formula is C17H28O2. The van der Waals surface area contributed by atoms with E-state index in [1.165, 1.54) is 32.1 Å². The molecule has 0 aromatic heterocycles. The average Bonchev–Trinajstić information content (AvgIpc) is 2.41. The summed E-state index contributed by atoms with van der Waals surface area (Å²) >= 11 is 0. The Balaban J connectivity index is 2.34. The second-order valence-electron chi connectivity index (χ2n) is 5.34. The maximum Gasteiger partial charge on any atom is 0.312 e. The number of hydrogen-bond acceptors (Lipinski definition) is 2. The summed E-state index contributed by atoms with van der Waals surface area (Å²) in [6.45, 7) is 2.48. The van der Waals surface area contributed by atoms with Crippen LogP contribution in [-0.2, 0) is 9.53 Å². The van der Waals surface area contributed by atoms with Gasteiger partial charge in [0.05, 0.1) is 12.5 Å². The minimum Gasteiger partial charge on any atom is -0.465 e. The Morgan fingerprint density at radius 3 is 2.16 bits per heavy atom. The van der Waals surface area contributed by atoms with Gasteiger partial charge in [-0.05, 0) is 58.3 Å². The van der Waals surface area contributed by atoms with E-state index in [9.17, 15) is 4.79 Å². The number of carbonyl (C=O) groups is 1. The van der Waals surface area contributed by atoms with Gasteiger partial charge in [0.1, 0.15) is 0 Å². The minimum absolute atomic E-state index is 0.0829. The molecule has 19 heavy (non-hydrogen) atoms. The molecule has 0 aliphatic carbocycles. The fourth-order valence-corrected chi connectivity index (χ4v) is 2.16. The summed E-state index contributed by atoms with van der Waals surface area (Å²) in [7, 11) is 0. The summed E-state index contributed by atoms with van der Waals surface area (Å²) in [6.07, 6.45) is 19.3. The lowest BCUT2D eigenvalue weighted by Gasteiger charge is -2.07. The molecule has 0 bridgehead atoms. The summed E-state index contributed by atoms with van der Waals surface area (Å²) in [4.78, 5) is 11.7. The molecule has 0 radical (unpaired) electrons. The second-order valence-corrected chi connectivity index (χ2v) is 5.34. The molecule has 0 saturated heterocycles. The maximum atomic E-state index is 11.7. The topological polar surface area (TPSA) is 26.3 Å². The number of rotatable bonds is 0. The summed E-state index contributed by atoms with van der Waals surface area (Å²) in [5, 5.41) is 0. The summed E-state index contributed by atoms with van der Waals surface area (Å²) in [6, 6.07) is 0. The van der Waals surface area contributed by atoms with Gasteiger partial charge in [-0.15, -0.1) is 0 Å². The molecule has 1 unspecified atom stereocenters. The van der Waals surface area contributed by atoms with Crippen LogP contribution in [0, 0.1) is 5.92 Å². The lowest BCUT2D eigenvalue weighted by molar-refractivity contribution is -0.146. The van der Waals surface area contributed by atoms with Crippen LogP contribution < -0.4 is 0 Å². The molecule has 0 saturated carbocycles. The van der Waals surface area contributed by atoms with E-state index < -0.39 is 0 Å². The molecule has 2 heteroatoms. The molecule has 0 amide bonds. The van der Waals surface area contributed by atoms with Crippen LogP contribution in [0.1, 0.15) is 64.7 Å². The average molecular weight is 264 g/mol. The predicted octanol–water partition coefficient (Wildman–Crippen LogP) is 4.80. The Labute approximate surface area is 117 Å². The van der Waals surface area contributed by atoms with E-state index in [0.717, 1.165) is 25.7 Å². The zero-order chi connectivity index (χ0) is 13.8. The third-order valence-electron chi connectivity index (χ3n) is 3.46. The van der Waals surface area contributed by atoms with E-state index in [1.54, 1.807) is 0 Å². The lowest BCUT2D eigenvalue weighted by Crippen LogP contribution is -2.13. The number of esters is 1. The smallest absolute Gasteiger partial charge is 0.312 e. The third-order valence-corrected chi connectivity index (χ3v) is 3.46. The van der Waals surface area contributed by atoms with E-state index in [2.05, 4.69) is 18.2 Å². The lowest BCUT2D eigenvalue weighted by atomic mass is 10.1. The monoisotopic (exact) mass is 264 g/mol. The molecule has 0 aromatic rings. The number of cyclic esters (lactones) is 1. The standard InChI is InChI=1S/C17H28O2/c1-16-14-12-10-8-6-4-2-3-5-7-9-11-13-15-19-17(16)18/h3,5,12,14,16H,2,4,6-11,13,15H2,1H3/b5-3-,14-12-. The Kier molecular flexibility index (Phi) is 9.13. The number of hydrogen-bond donors (Lipinski definition) is 0. The summed E-state index contributed by atoms with van der Waals surface area (Å²) in [5.74, 6) is -0.183. The van der Waals surface area contributed by atoms with Crippen LogP contribution >= 0.6 is 0 Å². The van der Waals surface area contributed by atoms with Crippen molar-refractivity contribution in [3.63, 3.8) is 0 Å². The highest BCUT2D eigenvalue weighted by Gasteiger charge is 2.10. The van der Waals surface area contributed by atoms with Gasteiger partial charge in [-0.1, -0.05) is 30.7 Å². The van der Waals surface area contributed by atoms with Crippen molar-refractivity contribution < 1.29 is 9.53 Å². The van der Waals surface area contributed by atoms with Crippen LogP contribution in [0.15, 0.2) is 24.3 Å². The van der Waals surface area contributed by atoms with Crippen molar-refractivity contribution in [3.05, 3.63) is 24.3 Å². The fraction of sp³-hybridized carbons (Fsp3) is 0.706. The van der Waals surface area contributed by atoms with Gasteiger partial charge in [-0.25, -0.2) is 0 Å².